The average molecular weight is 269 g/mol. The zero-order valence-electron chi connectivity index (χ0n) is 11.9. The SMILES string of the molecule is CN(CCN)Cc1c(-c2ccc(C#N)cc2)ncn1C. The molecule has 1 aromatic carbocycles. The van der Waals surface area contributed by atoms with E-state index in [1.54, 1.807) is 0 Å². The fourth-order valence-corrected chi connectivity index (χ4v) is 2.14. The van der Waals surface area contributed by atoms with Crippen LogP contribution in [0.2, 0.25) is 0 Å². The number of nitriles is 1. The quantitative estimate of drug-likeness (QED) is 0.889. The summed E-state index contributed by atoms with van der Waals surface area (Å²) in [6.07, 6.45) is 1.82. The molecule has 20 heavy (non-hydrogen) atoms. The maximum Gasteiger partial charge on any atom is 0.0991 e. The molecule has 0 spiro atoms. The second-order valence-corrected chi connectivity index (χ2v) is 4.87. The first kappa shape index (κ1) is 14.3. The summed E-state index contributed by atoms with van der Waals surface area (Å²) in [5, 5.41) is 8.85. The lowest BCUT2D eigenvalue weighted by atomic mass is 10.1. The summed E-state index contributed by atoms with van der Waals surface area (Å²) >= 11 is 0. The van der Waals surface area contributed by atoms with E-state index in [1.165, 1.54) is 0 Å². The Balaban J connectivity index is 2.30. The van der Waals surface area contributed by atoms with E-state index in [2.05, 4.69) is 16.0 Å². The molecule has 0 aliphatic heterocycles. The van der Waals surface area contributed by atoms with Gasteiger partial charge in [-0.15, -0.1) is 0 Å². The molecule has 0 aliphatic carbocycles. The van der Waals surface area contributed by atoms with Gasteiger partial charge in [0.05, 0.1) is 29.3 Å². The highest BCUT2D eigenvalue weighted by atomic mass is 15.1. The molecular weight excluding hydrogens is 250 g/mol. The number of nitrogens with two attached hydrogens (primary N) is 1. The number of benzene rings is 1. The Kier molecular flexibility index (Phi) is 4.51. The van der Waals surface area contributed by atoms with Crippen LogP contribution >= 0.6 is 0 Å². The van der Waals surface area contributed by atoms with Crippen molar-refractivity contribution in [2.75, 3.05) is 20.1 Å². The van der Waals surface area contributed by atoms with Crippen LogP contribution in [0, 0.1) is 11.3 Å². The van der Waals surface area contributed by atoms with Gasteiger partial charge in [-0.25, -0.2) is 4.98 Å². The Morgan fingerprint density at radius 3 is 2.65 bits per heavy atom. The summed E-state index contributed by atoms with van der Waals surface area (Å²) in [5.74, 6) is 0. The van der Waals surface area contributed by atoms with E-state index in [0.29, 0.717) is 12.1 Å². The van der Waals surface area contributed by atoms with Crippen LogP contribution in [-0.4, -0.2) is 34.6 Å². The third-order valence-corrected chi connectivity index (χ3v) is 3.28. The highest BCUT2D eigenvalue weighted by molar-refractivity contribution is 5.62. The van der Waals surface area contributed by atoms with E-state index in [4.69, 9.17) is 11.0 Å². The van der Waals surface area contributed by atoms with Gasteiger partial charge in [-0.3, -0.25) is 4.90 Å². The summed E-state index contributed by atoms with van der Waals surface area (Å²) < 4.78 is 2.03. The minimum atomic E-state index is 0.639. The molecular formula is C15H19N5. The molecule has 2 N–H and O–H groups in total. The smallest absolute Gasteiger partial charge is 0.0991 e. The number of hydrogen-bond donors (Lipinski definition) is 1. The number of nitrogens with zero attached hydrogens (tertiary/aromatic N) is 4. The monoisotopic (exact) mass is 269 g/mol. The van der Waals surface area contributed by atoms with Crippen molar-refractivity contribution in [2.45, 2.75) is 6.54 Å². The fourth-order valence-electron chi connectivity index (χ4n) is 2.14. The van der Waals surface area contributed by atoms with Crippen molar-refractivity contribution in [3.05, 3.63) is 41.9 Å². The largest absolute Gasteiger partial charge is 0.336 e. The number of imidazole rings is 1. The molecule has 0 unspecified atom stereocenters. The normalized spacial score (nSPS) is 10.8. The van der Waals surface area contributed by atoms with E-state index < -0.39 is 0 Å². The second kappa shape index (κ2) is 6.33. The fraction of sp³-hybridized carbons (Fsp3) is 0.333. The molecule has 2 aromatic rings. The van der Waals surface area contributed by atoms with Crippen LogP contribution in [0.1, 0.15) is 11.3 Å². The van der Waals surface area contributed by atoms with Crippen LogP contribution in [0.4, 0.5) is 0 Å². The molecule has 5 heteroatoms. The van der Waals surface area contributed by atoms with Crippen molar-refractivity contribution >= 4 is 0 Å². The van der Waals surface area contributed by atoms with Crippen LogP contribution in [0.25, 0.3) is 11.3 Å². The third-order valence-electron chi connectivity index (χ3n) is 3.28. The Morgan fingerprint density at radius 2 is 2.05 bits per heavy atom. The van der Waals surface area contributed by atoms with Gasteiger partial charge in [0.2, 0.25) is 0 Å². The van der Waals surface area contributed by atoms with Gasteiger partial charge < -0.3 is 10.3 Å². The highest BCUT2D eigenvalue weighted by Gasteiger charge is 2.12. The first-order valence-corrected chi connectivity index (χ1v) is 6.55. The van der Waals surface area contributed by atoms with Crippen molar-refractivity contribution in [3.63, 3.8) is 0 Å². The molecule has 0 saturated carbocycles. The summed E-state index contributed by atoms with van der Waals surface area (Å²) in [7, 11) is 4.04. The first-order valence-electron chi connectivity index (χ1n) is 6.55. The summed E-state index contributed by atoms with van der Waals surface area (Å²) in [6, 6.07) is 9.64. The number of rotatable bonds is 5. The van der Waals surface area contributed by atoms with E-state index in [9.17, 15) is 0 Å². The van der Waals surface area contributed by atoms with Crippen LogP contribution in [0.3, 0.4) is 0 Å². The van der Waals surface area contributed by atoms with Crippen molar-refractivity contribution in [3.8, 4) is 17.3 Å². The van der Waals surface area contributed by atoms with Crippen LogP contribution < -0.4 is 5.73 Å². The lowest BCUT2D eigenvalue weighted by Gasteiger charge is -2.16. The molecule has 5 nitrogen and oxygen atoms in total. The number of hydrogen-bond acceptors (Lipinski definition) is 4. The van der Waals surface area contributed by atoms with Crippen molar-refractivity contribution < 1.29 is 0 Å². The zero-order valence-corrected chi connectivity index (χ0v) is 11.9. The minimum Gasteiger partial charge on any atom is -0.336 e. The summed E-state index contributed by atoms with van der Waals surface area (Å²) in [6.45, 7) is 2.28. The number of aryl methyl sites for hydroxylation is 1. The van der Waals surface area contributed by atoms with Crippen molar-refractivity contribution in [1.82, 2.24) is 14.5 Å². The maximum atomic E-state index is 8.85. The molecule has 0 saturated heterocycles. The van der Waals surface area contributed by atoms with Gasteiger partial charge in [0.1, 0.15) is 0 Å². The van der Waals surface area contributed by atoms with Crippen LogP contribution in [-0.2, 0) is 13.6 Å². The molecule has 0 aliphatic rings. The van der Waals surface area contributed by atoms with Crippen LogP contribution in [0.15, 0.2) is 30.6 Å². The second-order valence-electron chi connectivity index (χ2n) is 4.87. The topological polar surface area (TPSA) is 70.9 Å². The van der Waals surface area contributed by atoms with Gasteiger partial charge >= 0.3 is 0 Å². The predicted octanol–water partition coefficient (Wildman–Crippen LogP) is 1.35. The van der Waals surface area contributed by atoms with E-state index >= 15 is 0 Å². The molecule has 1 heterocycles. The van der Waals surface area contributed by atoms with Gasteiger partial charge in [-0.1, -0.05) is 12.1 Å². The lowest BCUT2D eigenvalue weighted by Crippen LogP contribution is -2.26. The predicted molar refractivity (Wildman–Crippen MR) is 78.7 cm³/mol. The molecule has 0 fully saturated rings. The van der Waals surface area contributed by atoms with E-state index in [0.717, 1.165) is 30.0 Å². The van der Waals surface area contributed by atoms with E-state index in [-0.39, 0.29) is 0 Å². The molecule has 104 valence electrons. The summed E-state index contributed by atoms with van der Waals surface area (Å²) in [4.78, 5) is 6.65. The Labute approximate surface area is 119 Å². The third kappa shape index (κ3) is 3.05. The molecule has 2 rings (SSSR count). The Hall–Kier alpha value is -2.16. The first-order chi connectivity index (χ1) is 9.65. The lowest BCUT2D eigenvalue weighted by molar-refractivity contribution is 0.329. The molecule has 0 bridgehead atoms. The number of likely N-dealkylation sites (N-methyl/N-ethyl adjacent to an activating group) is 1. The van der Waals surface area contributed by atoms with Gasteiger partial charge in [-0.05, 0) is 19.2 Å². The molecule has 1 aromatic heterocycles. The maximum absolute atomic E-state index is 8.85. The standard InChI is InChI=1S/C15H19N5/c1-19(8-7-16)10-14-15(18-11-20(14)2)13-5-3-12(9-17)4-6-13/h3-6,11H,7-8,10,16H2,1-2H3. The number of aromatic nitrogens is 2. The molecule has 0 atom stereocenters. The Morgan fingerprint density at radius 1 is 1.35 bits per heavy atom. The zero-order chi connectivity index (χ0) is 14.5. The van der Waals surface area contributed by atoms with Crippen molar-refractivity contribution in [2.24, 2.45) is 12.8 Å². The van der Waals surface area contributed by atoms with Crippen LogP contribution in [0.5, 0.6) is 0 Å². The van der Waals surface area contributed by atoms with E-state index in [1.807, 2.05) is 49.3 Å². The highest BCUT2D eigenvalue weighted by Crippen LogP contribution is 2.23. The average Bonchev–Trinajstić information content (AvgIpc) is 2.81. The molecule has 0 radical (unpaired) electrons. The molecule has 0 amide bonds. The van der Waals surface area contributed by atoms with Gasteiger partial charge in [0.15, 0.2) is 0 Å². The van der Waals surface area contributed by atoms with Gasteiger partial charge in [-0.2, -0.15) is 5.26 Å². The van der Waals surface area contributed by atoms with Crippen molar-refractivity contribution in [1.29, 1.82) is 5.26 Å². The van der Waals surface area contributed by atoms with Gasteiger partial charge in [0.25, 0.3) is 0 Å². The van der Waals surface area contributed by atoms with Gasteiger partial charge in [0, 0.05) is 32.2 Å². The summed E-state index contributed by atoms with van der Waals surface area (Å²) in [5.41, 5.74) is 9.37. The minimum absolute atomic E-state index is 0.639. The Bertz CT molecular complexity index is 606.